The molecule has 2 aliphatic heterocycles. The molecule has 0 saturated carbocycles. The van der Waals surface area contributed by atoms with Gasteiger partial charge < -0.3 is 0 Å². The van der Waals surface area contributed by atoms with Crippen LogP contribution in [0, 0.1) is 19.8 Å². The van der Waals surface area contributed by atoms with E-state index in [1.807, 2.05) is 13.8 Å². The summed E-state index contributed by atoms with van der Waals surface area (Å²) < 4.78 is 30.4. The van der Waals surface area contributed by atoms with Crippen LogP contribution in [0.15, 0.2) is 9.00 Å². The number of anilines is 1. The molecular formula is C21H35N3O3S3. The Morgan fingerprint density at radius 3 is 2.47 bits per heavy atom. The van der Waals surface area contributed by atoms with E-state index < -0.39 is 15.7 Å². The highest BCUT2D eigenvalue weighted by atomic mass is 32.2. The zero-order valence-electron chi connectivity index (χ0n) is 18.8. The van der Waals surface area contributed by atoms with E-state index in [4.69, 9.17) is 0 Å². The van der Waals surface area contributed by atoms with E-state index in [1.54, 1.807) is 27.7 Å². The molecule has 0 aromatic rings. The minimum Gasteiger partial charge on any atom is -0.265 e. The molecule has 0 atom stereocenters. The molecule has 0 radical (unpaired) electrons. The highest BCUT2D eigenvalue weighted by Crippen LogP contribution is 2.38. The summed E-state index contributed by atoms with van der Waals surface area (Å²) >= 11 is 3.26. The number of nitrogens with zero attached hydrogens (tertiary/aromatic N) is 2. The van der Waals surface area contributed by atoms with Gasteiger partial charge in [0.2, 0.25) is 10.0 Å². The van der Waals surface area contributed by atoms with Crippen molar-refractivity contribution in [1.29, 1.82) is 0 Å². The Bertz CT molecular complexity index is 948. The van der Waals surface area contributed by atoms with Crippen molar-refractivity contribution in [2.24, 2.45) is 5.92 Å². The molecule has 9 heteroatoms. The second-order valence-electron chi connectivity index (χ2n) is 8.18. The van der Waals surface area contributed by atoms with Gasteiger partial charge in [0.25, 0.3) is 0 Å². The normalized spacial score (nSPS) is 12.2. The van der Waals surface area contributed by atoms with E-state index in [-0.39, 0.29) is 11.6 Å². The van der Waals surface area contributed by atoms with Crippen molar-refractivity contribution in [1.82, 2.24) is 9.55 Å². The van der Waals surface area contributed by atoms with E-state index in [0.29, 0.717) is 18.0 Å². The second-order valence-corrected chi connectivity index (χ2v) is 12.6. The number of rotatable bonds is 13. The van der Waals surface area contributed by atoms with E-state index in [1.165, 1.54) is 12.8 Å². The summed E-state index contributed by atoms with van der Waals surface area (Å²) in [6, 6.07) is 0. The summed E-state index contributed by atoms with van der Waals surface area (Å²) in [5.41, 5.74) is 0.969. The highest BCUT2D eigenvalue weighted by molar-refractivity contribution is 8.01. The Kier molecular flexibility index (Phi) is 9.68. The van der Waals surface area contributed by atoms with Gasteiger partial charge in [0.15, 0.2) is 5.82 Å². The predicted octanol–water partition coefficient (Wildman–Crippen LogP) is 5.59. The number of aryl methyl sites for hydroxylation is 1. The van der Waals surface area contributed by atoms with E-state index in [9.17, 15) is 13.2 Å². The Balaban J connectivity index is 2.21. The van der Waals surface area contributed by atoms with Crippen molar-refractivity contribution in [2.75, 3.05) is 16.2 Å². The van der Waals surface area contributed by atoms with Crippen molar-refractivity contribution in [3.8, 4) is 5.69 Å². The first-order valence-corrected chi connectivity index (χ1v) is 14.3. The fourth-order valence-electron chi connectivity index (χ4n) is 3.14. The number of fused-ring (bicyclic) bond motifs is 1. The Morgan fingerprint density at radius 1 is 1.13 bits per heavy atom. The molecule has 30 heavy (non-hydrogen) atoms. The van der Waals surface area contributed by atoms with Crippen molar-refractivity contribution in [3.05, 3.63) is 21.1 Å². The maximum atomic E-state index is 12.6. The summed E-state index contributed by atoms with van der Waals surface area (Å²) in [5, 5.41) is 0. The molecule has 0 aromatic carbocycles. The van der Waals surface area contributed by atoms with Crippen LogP contribution in [0.4, 0.5) is 5.82 Å². The molecule has 0 saturated heterocycles. The average Bonchev–Trinajstić information content (AvgIpc) is 2.97. The zero-order chi connectivity index (χ0) is 22.3. The van der Waals surface area contributed by atoms with Crippen molar-refractivity contribution in [3.63, 3.8) is 0 Å². The molecular weight excluding hydrogens is 438 g/mol. The molecule has 0 fully saturated rings. The smallest absolute Gasteiger partial charge is 0.265 e. The quantitative estimate of drug-likeness (QED) is 0.303. The maximum Gasteiger partial charge on any atom is 0.354 e. The summed E-state index contributed by atoms with van der Waals surface area (Å²) in [5.74, 6) is 1.71. The number of imidazole rings is 1. The molecule has 2 heterocycles. The lowest BCUT2D eigenvalue weighted by Crippen LogP contribution is -2.18. The molecule has 1 N–H and O–H groups in total. The number of thioether (sulfide) groups is 1. The number of hydrogen-bond donors (Lipinski definition) is 1. The van der Waals surface area contributed by atoms with E-state index in [2.05, 4.69) is 30.5 Å². The van der Waals surface area contributed by atoms with Gasteiger partial charge in [-0.1, -0.05) is 52.9 Å². The molecule has 170 valence electrons. The van der Waals surface area contributed by atoms with Crippen LogP contribution in [0.5, 0.6) is 0 Å². The Morgan fingerprint density at radius 2 is 1.80 bits per heavy atom. The van der Waals surface area contributed by atoms with Crippen LogP contribution < -0.4 is 10.4 Å². The van der Waals surface area contributed by atoms with Crippen LogP contribution >= 0.6 is 23.1 Å². The molecule has 6 nitrogen and oxygen atoms in total. The predicted molar refractivity (Wildman–Crippen MR) is 129 cm³/mol. The Labute approximate surface area is 189 Å². The standard InChI is InChI=1S/C21H35N3O3S3/c1-6-7-8-9-10-11-14-30(26,27)23-19-18-20(28-13-12-15(2)3)29-17(5)16(4)24(18)21(25)22-19/h15H,6-14H2,1-5H3,(H,22,23,25). The first-order chi connectivity index (χ1) is 14.2. The fraction of sp³-hybridized carbons (Fsp3) is 0.714. The van der Waals surface area contributed by atoms with Crippen LogP contribution in [0.2, 0.25) is 0 Å². The fourth-order valence-corrected chi connectivity index (χ4v) is 7.03. The number of aromatic nitrogens is 2. The summed E-state index contributed by atoms with van der Waals surface area (Å²) in [4.78, 5) is 17.7. The third kappa shape index (κ3) is 6.99. The van der Waals surface area contributed by atoms with Crippen LogP contribution in [0.25, 0.3) is 5.69 Å². The van der Waals surface area contributed by atoms with Gasteiger partial charge >= 0.3 is 5.69 Å². The van der Waals surface area contributed by atoms with Crippen molar-refractivity contribution in [2.45, 2.75) is 83.8 Å². The number of sulfonamides is 1. The molecule has 0 bridgehead atoms. The van der Waals surface area contributed by atoms with Gasteiger partial charge in [-0.2, -0.15) is 4.98 Å². The van der Waals surface area contributed by atoms with Crippen LogP contribution in [-0.4, -0.2) is 29.5 Å². The molecule has 0 unspecified atom stereocenters. The lowest BCUT2D eigenvalue weighted by Gasteiger charge is -2.16. The SMILES string of the molecule is CCCCCCCCS(=O)(=O)Nc1nc(=O)n2c(C)c(C)sc(SCCC(C)C)c1-2. The number of hydrogen-bond acceptors (Lipinski definition) is 6. The summed E-state index contributed by atoms with van der Waals surface area (Å²) in [7, 11) is -3.55. The van der Waals surface area contributed by atoms with Crippen LogP contribution in [-0.2, 0) is 10.0 Å². The van der Waals surface area contributed by atoms with Gasteiger partial charge in [-0.05, 0) is 38.4 Å². The molecule has 0 spiro atoms. The minimum atomic E-state index is -3.55. The number of unbranched alkanes of at least 4 members (excludes halogenated alkanes) is 5. The molecule has 2 aliphatic rings. The second kappa shape index (κ2) is 11.5. The monoisotopic (exact) mass is 473 g/mol. The molecule has 0 aliphatic carbocycles. The minimum absolute atomic E-state index is 0.0520. The van der Waals surface area contributed by atoms with Gasteiger partial charge in [0.1, 0.15) is 5.69 Å². The largest absolute Gasteiger partial charge is 0.354 e. The van der Waals surface area contributed by atoms with Crippen LogP contribution in [0.3, 0.4) is 0 Å². The molecule has 2 rings (SSSR count). The van der Waals surface area contributed by atoms with E-state index >= 15 is 0 Å². The first kappa shape index (κ1) is 25.2. The lowest BCUT2D eigenvalue weighted by atomic mass is 10.1. The van der Waals surface area contributed by atoms with Gasteiger partial charge in [0.05, 0.1) is 9.96 Å². The number of nitrogens with one attached hydrogen (secondary N) is 1. The molecule has 0 amide bonds. The summed E-state index contributed by atoms with van der Waals surface area (Å²) in [6.07, 6.45) is 7.12. The topological polar surface area (TPSA) is 81.1 Å². The van der Waals surface area contributed by atoms with E-state index in [0.717, 1.165) is 46.2 Å². The Hall–Kier alpha value is -1.06. The highest BCUT2D eigenvalue weighted by Gasteiger charge is 2.26. The van der Waals surface area contributed by atoms with Gasteiger partial charge in [-0.3, -0.25) is 9.29 Å². The van der Waals surface area contributed by atoms with Crippen molar-refractivity contribution < 1.29 is 8.42 Å². The van der Waals surface area contributed by atoms with Gasteiger partial charge in [-0.25, -0.2) is 13.2 Å². The lowest BCUT2D eigenvalue weighted by molar-refractivity contribution is 0.588. The first-order valence-electron chi connectivity index (χ1n) is 10.8. The summed E-state index contributed by atoms with van der Waals surface area (Å²) in [6.45, 7) is 10.4. The van der Waals surface area contributed by atoms with Crippen molar-refractivity contribution >= 4 is 38.9 Å². The van der Waals surface area contributed by atoms with Gasteiger partial charge in [-0.15, -0.1) is 23.1 Å². The molecule has 0 aromatic heterocycles. The maximum absolute atomic E-state index is 12.6. The van der Waals surface area contributed by atoms with Gasteiger partial charge in [0, 0.05) is 10.6 Å². The third-order valence-corrected chi connectivity index (χ3v) is 8.89. The average molecular weight is 474 g/mol. The zero-order valence-corrected chi connectivity index (χ0v) is 21.2. The third-order valence-electron chi connectivity index (χ3n) is 5.08. The van der Waals surface area contributed by atoms with Crippen LogP contribution in [0.1, 0.15) is 76.3 Å².